The molecule has 0 spiro atoms. The van der Waals surface area contributed by atoms with Gasteiger partial charge in [-0.2, -0.15) is 0 Å². The molecule has 0 unspecified atom stereocenters. The molecular formula is C16H16N2O5S. The third-order valence-corrected chi connectivity index (χ3v) is 4.56. The maximum absolute atomic E-state index is 12.3. The van der Waals surface area contributed by atoms with Crippen LogP contribution in [0.15, 0.2) is 47.5 Å². The molecule has 0 saturated carbocycles. The lowest BCUT2D eigenvalue weighted by Crippen LogP contribution is -2.14. The first-order chi connectivity index (χ1) is 11.3. The summed E-state index contributed by atoms with van der Waals surface area (Å²) in [6.45, 7) is 1.75. The van der Waals surface area contributed by atoms with Gasteiger partial charge in [0.15, 0.2) is 5.78 Å². The quantitative estimate of drug-likeness (QED) is 0.742. The van der Waals surface area contributed by atoms with Crippen molar-refractivity contribution in [2.45, 2.75) is 24.7 Å². The summed E-state index contributed by atoms with van der Waals surface area (Å²) in [5.41, 5.74) is 1.16. The van der Waals surface area contributed by atoms with Crippen molar-refractivity contribution < 1.29 is 23.1 Å². The number of carbonyl (C=O) groups excluding carboxylic acids is 1. The molecule has 0 aliphatic carbocycles. The highest BCUT2D eigenvalue weighted by Crippen LogP contribution is 2.18. The Morgan fingerprint density at radius 2 is 1.92 bits per heavy atom. The van der Waals surface area contributed by atoms with Crippen molar-refractivity contribution in [1.29, 1.82) is 0 Å². The molecule has 0 aliphatic heterocycles. The second-order valence-electron chi connectivity index (χ2n) is 5.14. The normalized spacial score (nSPS) is 11.0. The molecule has 0 bridgehead atoms. The predicted octanol–water partition coefficient (Wildman–Crippen LogP) is 2.24. The highest BCUT2D eigenvalue weighted by molar-refractivity contribution is 7.92. The molecule has 1 aromatic carbocycles. The molecule has 0 fully saturated rings. The van der Waals surface area contributed by atoms with Crippen molar-refractivity contribution in [3.05, 3.63) is 53.9 Å². The largest absolute Gasteiger partial charge is 0.481 e. The molecule has 7 nitrogen and oxygen atoms in total. The zero-order chi connectivity index (χ0) is 17.7. The Morgan fingerprint density at radius 1 is 1.17 bits per heavy atom. The minimum atomic E-state index is -3.82. The van der Waals surface area contributed by atoms with Crippen molar-refractivity contribution in [3.63, 3.8) is 0 Å². The lowest BCUT2D eigenvalue weighted by atomic mass is 10.1. The van der Waals surface area contributed by atoms with E-state index in [4.69, 9.17) is 5.11 Å². The number of aromatic nitrogens is 1. The number of sulfonamides is 1. The average Bonchev–Trinajstić information content (AvgIpc) is 2.52. The van der Waals surface area contributed by atoms with Gasteiger partial charge >= 0.3 is 5.97 Å². The number of rotatable bonds is 7. The zero-order valence-corrected chi connectivity index (χ0v) is 13.7. The van der Waals surface area contributed by atoms with E-state index < -0.39 is 16.0 Å². The number of benzene rings is 1. The topological polar surface area (TPSA) is 113 Å². The van der Waals surface area contributed by atoms with Gasteiger partial charge in [0, 0.05) is 29.6 Å². The van der Waals surface area contributed by atoms with Crippen molar-refractivity contribution >= 4 is 27.5 Å². The number of nitrogens with zero attached hydrogens (tertiary/aromatic N) is 1. The van der Waals surface area contributed by atoms with Gasteiger partial charge in [-0.05, 0) is 31.2 Å². The van der Waals surface area contributed by atoms with Gasteiger partial charge in [-0.25, -0.2) is 8.42 Å². The first-order valence-corrected chi connectivity index (χ1v) is 8.57. The minimum Gasteiger partial charge on any atom is -0.481 e. The number of carbonyl (C=O) groups is 2. The van der Waals surface area contributed by atoms with Crippen LogP contribution in [0.1, 0.15) is 28.9 Å². The molecule has 2 N–H and O–H groups in total. The zero-order valence-electron chi connectivity index (χ0n) is 12.9. The molecule has 0 radical (unpaired) electrons. The van der Waals surface area contributed by atoms with Crippen LogP contribution in [0.5, 0.6) is 0 Å². The van der Waals surface area contributed by atoms with Gasteiger partial charge in [0.2, 0.25) is 0 Å². The third-order valence-electron chi connectivity index (χ3n) is 3.20. The fraction of sp³-hybridized carbons (Fsp3) is 0.188. The molecular weight excluding hydrogens is 332 g/mol. The molecule has 8 heteroatoms. The van der Waals surface area contributed by atoms with Gasteiger partial charge in [0.05, 0.1) is 6.42 Å². The van der Waals surface area contributed by atoms with E-state index in [0.717, 1.165) is 0 Å². The van der Waals surface area contributed by atoms with Crippen molar-refractivity contribution in [2.75, 3.05) is 4.72 Å². The van der Waals surface area contributed by atoms with Gasteiger partial charge in [-0.1, -0.05) is 12.1 Å². The van der Waals surface area contributed by atoms with Crippen LogP contribution in [0.2, 0.25) is 0 Å². The fourth-order valence-corrected chi connectivity index (χ4v) is 2.94. The molecule has 24 heavy (non-hydrogen) atoms. The molecule has 1 aromatic heterocycles. The van der Waals surface area contributed by atoms with Crippen LogP contribution in [-0.4, -0.2) is 30.3 Å². The van der Waals surface area contributed by atoms with Gasteiger partial charge in [0.1, 0.15) is 4.90 Å². The van der Waals surface area contributed by atoms with E-state index >= 15 is 0 Å². The number of carboxylic acid groups (broad SMARTS) is 1. The number of Topliss-reactive ketones (excluding diaryl/α,β-unsaturated/α-hetero) is 1. The number of hydrogen-bond donors (Lipinski definition) is 2. The lowest BCUT2D eigenvalue weighted by molar-refractivity contribution is -0.136. The Morgan fingerprint density at radius 3 is 2.54 bits per heavy atom. The summed E-state index contributed by atoms with van der Waals surface area (Å²) in [4.78, 5) is 26.4. The number of carboxylic acids is 1. The van der Waals surface area contributed by atoms with Crippen LogP contribution in [0.4, 0.5) is 5.69 Å². The molecule has 2 aromatic rings. The summed E-state index contributed by atoms with van der Waals surface area (Å²) in [6.07, 6.45) is 0.830. The SMILES string of the molecule is Cc1ccc(S(=O)(=O)Nc2cccc(C(=O)CCC(=O)O)c2)cn1. The Bertz CT molecular complexity index is 860. The van der Waals surface area contributed by atoms with Crippen LogP contribution in [0.25, 0.3) is 0 Å². The van der Waals surface area contributed by atoms with Crippen LogP contribution in [-0.2, 0) is 14.8 Å². The second kappa shape index (κ2) is 7.22. The molecule has 0 atom stereocenters. The maximum atomic E-state index is 12.3. The summed E-state index contributed by atoms with van der Waals surface area (Å²) < 4.78 is 27.0. The van der Waals surface area contributed by atoms with Gasteiger partial charge in [-0.15, -0.1) is 0 Å². The number of aryl methyl sites for hydroxylation is 1. The predicted molar refractivity (Wildman–Crippen MR) is 87.4 cm³/mol. The van der Waals surface area contributed by atoms with Crippen LogP contribution < -0.4 is 4.72 Å². The van der Waals surface area contributed by atoms with E-state index in [1.807, 2.05) is 0 Å². The van der Waals surface area contributed by atoms with Crippen LogP contribution in [0, 0.1) is 6.92 Å². The molecule has 0 saturated heterocycles. The third kappa shape index (κ3) is 4.63. The standard InChI is InChI=1S/C16H16N2O5S/c1-11-5-6-14(10-17-11)24(22,23)18-13-4-2-3-12(9-13)15(19)7-8-16(20)21/h2-6,9-10,18H,7-8H2,1H3,(H,20,21). The number of pyridine rings is 1. The van der Waals surface area contributed by atoms with Crippen molar-refractivity contribution in [3.8, 4) is 0 Å². The smallest absolute Gasteiger partial charge is 0.303 e. The van der Waals surface area contributed by atoms with E-state index in [-0.39, 0.29) is 34.8 Å². The Labute approximate surface area is 139 Å². The molecule has 2 rings (SSSR count). The van der Waals surface area contributed by atoms with Crippen molar-refractivity contribution in [2.24, 2.45) is 0 Å². The Hall–Kier alpha value is -2.74. The summed E-state index contributed by atoms with van der Waals surface area (Å²) in [5.74, 6) is -1.43. The Balaban J connectivity index is 2.18. The summed E-state index contributed by atoms with van der Waals surface area (Å²) >= 11 is 0. The first-order valence-electron chi connectivity index (χ1n) is 7.08. The number of ketones is 1. The lowest BCUT2D eigenvalue weighted by Gasteiger charge is -2.09. The first kappa shape index (κ1) is 17.6. The van der Waals surface area contributed by atoms with E-state index in [1.165, 1.54) is 36.5 Å². The van der Waals surface area contributed by atoms with E-state index in [2.05, 4.69) is 9.71 Å². The minimum absolute atomic E-state index is 0.00991. The number of anilines is 1. The molecule has 126 valence electrons. The molecule has 1 heterocycles. The summed E-state index contributed by atoms with van der Waals surface area (Å²) in [6, 6.07) is 8.94. The monoisotopic (exact) mass is 348 g/mol. The average molecular weight is 348 g/mol. The summed E-state index contributed by atoms with van der Waals surface area (Å²) in [7, 11) is -3.82. The fourth-order valence-electron chi connectivity index (χ4n) is 1.95. The highest BCUT2D eigenvalue weighted by Gasteiger charge is 2.16. The molecule has 0 amide bonds. The van der Waals surface area contributed by atoms with Crippen LogP contribution in [0.3, 0.4) is 0 Å². The number of hydrogen-bond acceptors (Lipinski definition) is 5. The van der Waals surface area contributed by atoms with Crippen molar-refractivity contribution in [1.82, 2.24) is 4.98 Å². The molecule has 0 aliphatic rings. The Kier molecular flexibility index (Phi) is 5.30. The number of aliphatic carboxylic acids is 1. The highest BCUT2D eigenvalue weighted by atomic mass is 32.2. The number of nitrogens with one attached hydrogen (secondary N) is 1. The van der Waals surface area contributed by atoms with Gasteiger partial charge < -0.3 is 5.11 Å². The maximum Gasteiger partial charge on any atom is 0.303 e. The van der Waals surface area contributed by atoms with Crippen LogP contribution >= 0.6 is 0 Å². The second-order valence-corrected chi connectivity index (χ2v) is 6.82. The summed E-state index contributed by atoms with van der Waals surface area (Å²) in [5, 5.41) is 8.61. The van der Waals surface area contributed by atoms with Gasteiger partial charge in [0.25, 0.3) is 10.0 Å². The van der Waals surface area contributed by atoms with E-state index in [1.54, 1.807) is 13.0 Å². The van der Waals surface area contributed by atoms with E-state index in [0.29, 0.717) is 5.69 Å². The van der Waals surface area contributed by atoms with E-state index in [9.17, 15) is 18.0 Å². The van der Waals surface area contributed by atoms with Gasteiger partial charge in [-0.3, -0.25) is 19.3 Å².